The molecule has 1 saturated heterocycles. The topological polar surface area (TPSA) is 45.6 Å². The van der Waals surface area contributed by atoms with Crippen LogP contribution in [0.2, 0.25) is 0 Å². The van der Waals surface area contributed by atoms with Gasteiger partial charge in [-0.15, -0.1) is 0 Å². The van der Waals surface area contributed by atoms with Gasteiger partial charge >= 0.3 is 0 Å². The van der Waals surface area contributed by atoms with Crippen LogP contribution in [0, 0.1) is 6.92 Å². The molecule has 0 aliphatic carbocycles. The number of aryl methyl sites for hydroxylation is 1. The molecule has 0 aromatic carbocycles. The molecule has 18 heavy (non-hydrogen) atoms. The van der Waals surface area contributed by atoms with Gasteiger partial charge in [0.2, 0.25) is 0 Å². The lowest BCUT2D eigenvalue weighted by Crippen LogP contribution is -2.31. The number of ether oxygens (including phenoxy) is 1. The van der Waals surface area contributed by atoms with E-state index >= 15 is 0 Å². The normalized spacial score (nSPS) is 21.8. The van der Waals surface area contributed by atoms with Gasteiger partial charge in [0, 0.05) is 31.9 Å². The van der Waals surface area contributed by atoms with Gasteiger partial charge in [-0.2, -0.15) is 0 Å². The van der Waals surface area contributed by atoms with Crippen LogP contribution in [0.3, 0.4) is 0 Å². The van der Waals surface area contributed by atoms with Crippen molar-refractivity contribution in [3.05, 3.63) is 23.5 Å². The number of pyridine rings is 1. The van der Waals surface area contributed by atoms with Crippen LogP contribution < -0.4 is 0 Å². The molecule has 2 rings (SSSR count). The second kappa shape index (κ2) is 6.16. The van der Waals surface area contributed by atoms with E-state index < -0.39 is 0 Å². The summed E-state index contributed by atoms with van der Waals surface area (Å²) in [6.07, 6.45) is 2.38. The zero-order valence-electron chi connectivity index (χ0n) is 11.2. The summed E-state index contributed by atoms with van der Waals surface area (Å²) < 4.78 is 5.75. The molecule has 4 heteroatoms. The van der Waals surface area contributed by atoms with Crippen molar-refractivity contribution in [2.24, 2.45) is 0 Å². The molecule has 1 aliphatic rings. The summed E-state index contributed by atoms with van der Waals surface area (Å²) in [4.78, 5) is 6.74. The molecule has 0 bridgehead atoms. The summed E-state index contributed by atoms with van der Waals surface area (Å²) in [5.41, 5.74) is 1.72. The van der Waals surface area contributed by atoms with E-state index in [1.165, 1.54) is 0 Å². The van der Waals surface area contributed by atoms with Crippen LogP contribution >= 0.6 is 0 Å². The van der Waals surface area contributed by atoms with Crippen molar-refractivity contribution in [3.63, 3.8) is 0 Å². The van der Waals surface area contributed by atoms with E-state index in [0.29, 0.717) is 18.4 Å². The Bertz CT molecular complexity index is 395. The molecular formula is C14H22N2O2. The van der Waals surface area contributed by atoms with E-state index in [4.69, 9.17) is 4.74 Å². The van der Waals surface area contributed by atoms with E-state index in [0.717, 1.165) is 43.9 Å². The van der Waals surface area contributed by atoms with Crippen LogP contribution in [0.5, 0.6) is 5.75 Å². The lowest BCUT2D eigenvalue weighted by Gasteiger charge is -2.23. The summed E-state index contributed by atoms with van der Waals surface area (Å²) in [7, 11) is 0. The molecule has 100 valence electrons. The summed E-state index contributed by atoms with van der Waals surface area (Å²) in [5.74, 6) is 0.291. The highest BCUT2D eigenvalue weighted by Gasteiger charge is 2.18. The Morgan fingerprint density at radius 3 is 3.11 bits per heavy atom. The molecule has 1 aliphatic heterocycles. The van der Waals surface area contributed by atoms with Gasteiger partial charge < -0.3 is 9.84 Å². The number of nitrogens with zero attached hydrogens (tertiary/aromatic N) is 2. The van der Waals surface area contributed by atoms with Crippen LogP contribution in [0.4, 0.5) is 0 Å². The summed E-state index contributed by atoms with van der Waals surface area (Å²) in [5, 5.41) is 9.84. The SMILES string of the molecule is CCC1CN(Cc2nc(C)ccc2O)CCCO1. The first-order valence-corrected chi connectivity index (χ1v) is 6.68. The predicted octanol–water partition coefficient (Wildman–Crippen LogP) is 2.10. The van der Waals surface area contributed by atoms with Crippen molar-refractivity contribution in [1.82, 2.24) is 9.88 Å². The smallest absolute Gasteiger partial charge is 0.138 e. The number of hydrogen-bond donors (Lipinski definition) is 1. The Morgan fingerprint density at radius 2 is 2.33 bits per heavy atom. The third-order valence-corrected chi connectivity index (χ3v) is 3.35. The molecule has 0 radical (unpaired) electrons. The lowest BCUT2D eigenvalue weighted by atomic mass is 10.2. The number of aromatic nitrogens is 1. The summed E-state index contributed by atoms with van der Waals surface area (Å²) >= 11 is 0. The van der Waals surface area contributed by atoms with Crippen LogP contribution in [0.15, 0.2) is 12.1 Å². The maximum atomic E-state index is 9.84. The molecule has 1 N–H and O–H groups in total. The van der Waals surface area contributed by atoms with E-state index in [2.05, 4.69) is 16.8 Å². The Labute approximate surface area is 109 Å². The van der Waals surface area contributed by atoms with Gasteiger partial charge in [0.1, 0.15) is 5.75 Å². The Kier molecular flexibility index (Phi) is 4.55. The monoisotopic (exact) mass is 250 g/mol. The van der Waals surface area contributed by atoms with E-state index in [1.807, 2.05) is 13.0 Å². The van der Waals surface area contributed by atoms with Crippen LogP contribution in [-0.2, 0) is 11.3 Å². The Hall–Kier alpha value is -1.13. The molecule has 1 aromatic heterocycles. The average molecular weight is 250 g/mol. The van der Waals surface area contributed by atoms with Gasteiger partial charge in [-0.3, -0.25) is 9.88 Å². The summed E-state index contributed by atoms with van der Waals surface area (Å²) in [6, 6.07) is 3.56. The highest BCUT2D eigenvalue weighted by molar-refractivity contribution is 5.27. The summed E-state index contributed by atoms with van der Waals surface area (Å²) in [6.45, 7) is 7.56. The molecule has 0 spiro atoms. The van der Waals surface area contributed by atoms with Crippen LogP contribution in [0.25, 0.3) is 0 Å². The van der Waals surface area contributed by atoms with Crippen molar-refractivity contribution < 1.29 is 9.84 Å². The third-order valence-electron chi connectivity index (χ3n) is 3.35. The Morgan fingerprint density at radius 1 is 1.50 bits per heavy atom. The highest BCUT2D eigenvalue weighted by atomic mass is 16.5. The van der Waals surface area contributed by atoms with Crippen LogP contribution in [0.1, 0.15) is 31.2 Å². The van der Waals surface area contributed by atoms with Crippen molar-refractivity contribution >= 4 is 0 Å². The minimum absolute atomic E-state index is 0.291. The maximum Gasteiger partial charge on any atom is 0.138 e. The maximum absolute atomic E-state index is 9.84. The van der Waals surface area contributed by atoms with E-state index in [9.17, 15) is 5.11 Å². The molecule has 1 fully saturated rings. The highest BCUT2D eigenvalue weighted by Crippen LogP contribution is 2.18. The quantitative estimate of drug-likeness (QED) is 0.892. The number of hydrogen-bond acceptors (Lipinski definition) is 4. The molecule has 4 nitrogen and oxygen atoms in total. The molecule has 0 amide bonds. The fourth-order valence-electron chi connectivity index (χ4n) is 2.29. The first-order valence-electron chi connectivity index (χ1n) is 6.68. The van der Waals surface area contributed by atoms with Crippen molar-refractivity contribution in [1.29, 1.82) is 0 Å². The van der Waals surface area contributed by atoms with Crippen molar-refractivity contribution in [3.8, 4) is 5.75 Å². The average Bonchev–Trinajstić information content (AvgIpc) is 2.59. The minimum Gasteiger partial charge on any atom is -0.506 e. The zero-order chi connectivity index (χ0) is 13.0. The second-order valence-corrected chi connectivity index (χ2v) is 4.91. The van der Waals surface area contributed by atoms with Gasteiger partial charge in [-0.05, 0) is 31.9 Å². The fourth-order valence-corrected chi connectivity index (χ4v) is 2.29. The first kappa shape index (κ1) is 13.3. The minimum atomic E-state index is 0.291. The molecule has 1 unspecified atom stereocenters. The van der Waals surface area contributed by atoms with Crippen molar-refractivity contribution in [2.75, 3.05) is 19.7 Å². The molecular weight excluding hydrogens is 228 g/mol. The van der Waals surface area contributed by atoms with Gasteiger partial charge in [0.05, 0.1) is 11.8 Å². The standard InChI is InChI=1S/C14H22N2O2/c1-3-12-9-16(7-4-8-18-12)10-13-14(17)6-5-11(2)15-13/h5-6,12,17H,3-4,7-10H2,1-2H3. The molecule has 0 saturated carbocycles. The molecule has 2 heterocycles. The van der Waals surface area contributed by atoms with Crippen LogP contribution in [-0.4, -0.2) is 40.8 Å². The van der Waals surface area contributed by atoms with Gasteiger partial charge in [-0.25, -0.2) is 0 Å². The van der Waals surface area contributed by atoms with Crippen molar-refractivity contribution in [2.45, 2.75) is 39.3 Å². The van der Waals surface area contributed by atoms with Gasteiger partial charge in [0.25, 0.3) is 0 Å². The van der Waals surface area contributed by atoms with Gasteiger partial charge in [0.15, 0.2) is 0 Å². The lowest BCUT2D eigenvalue weighted by molar-refractivity contribution is 0.0507. The third kappa shape index (κ3) is 3.43. The molecule has 1 aromatic rings. The zero-order valence-corrected chi connectivity index (χ0v) is 11.2. The second-order valence-electron chi connectivity index (χ2n) is 4.91. The first-order chi connectivity index (χ1) is 8.69. The predicted molar refractivity (Wildman–Crippen MR) is 70.6 cm³/mol. The number of aromatic hydroxyl groups is 1. The molecule has 1 atom stereocenters. The van der Waals surface area contributed by atoms with E-state index in [-0.39, 0.29) is 0 Å². The fraction of sp³-hybridized carbons (Fsp3) is 0.643. The van der Waals surface area contributed by atoms with E-state index in [1.54, 1.807) is 6.07 Å². The number of rotatable bonds is 3. The largest absolute Gasteiger partial charge is 0.506 e. The van der Waals surface area contributed by atoms with Gasteiger partial charge in [-0.1, -0.05) is 6.92 Å². The Balaban J connectivity index is 2.04.